The van der Waals surface area contributed by atoms with E-state index in [9.17, 15) is 13.2 Å². The summed E-state index contributed by atoms with van der Waals surface area (Å²) in [5, 5.41) is 9.02. The molecule has 0 aliphatic carbocycles. The van der Waals surface area contributed by atoms with Crippen LogP contribution in [-0.2, 0) is 6.18 Å². The number of rotatable bonds is 2. The second-order valence-electron chi connectivity index (χ2n) is 3.92. The Bertz CT molecular complexity index is 704. The Kier molecular flexibility index (Phi) is 3.90. The fourth-order valence-electron chi connectivity index (χ4n) is 1.54. The minimum Gasteiger partial charge on any atom is -0.383 e. The van der Waals surface area contributed by atoms with Gasteiger partial charge in [0.2, 0.25) is 0 Å². The number of alkyl halides is 3. The Morgan fingerprint density at radius 2 is 1.71 bits per heavy atom. The molecule has 1 aromatic carbocycles. The molecule has 0 aliphatic heterocycles. The molecule has 0 saturated heterocycles. The summed E-state index contributed by atoms with van der Waals surface area (Å²) in [5.74, 6) is 0.301. The van der Waals surface area contributed by atoms with Crippen molar-refractivity contribution in [3.63, 3.8) is 0 Å². The van der Waals surface area contributed by atoms with Crippen LogP contribution in [0.15, 0.2) is 34.3 Å². The normalized spacial score (nSPS) is 11.1. The second-order valence-corrected chi connectivity index (χ2v) is 4.96. The monoisotopic (exact) mass is 311 g/mol. The van der Waals surface area contributed by atoms with E-state index < -0.39 is 17.3 Å². The van der Waals surface area contributed by atoms with Gasteiger partial charge in [-0.1, -0.05) is 0 Å². The third-order valence-corrected chi connectivity index (χ3v) is 3.23. The number of halogens is 3. The van der Waals surface area contributed by atoms with Crippen molar-refractivity contribution in [1.29, 1.82) is 5.26 Å². The lowest BCUT2D eigenvalue weighted by molar-refractivity contribution is -0.137. The molecule has 2 aromatic rings. The van der Waals surface area contributed by atoms with E-state index in [1.54, 1.807) is 0 Å². The SMILES string of the molecule is N#Cc1cc(Sc2nc(N)cc(N)n2)ccc1C(F)(F)F. The van der Waals surface area contributed by atoms with Crippen molar-refractivity contribution in [2.24, 2.45) is 0 Å². The zero-order valence-corrected chi connectivity index (χ0v) is 11.2. The van der Waals surface area contributed by atoms with Crippen LogP contribution >= 0.6 is 11.8 Å². The summed E-state index contributed by atoms with van der Waals surface area (Å²) in [6.07, 6.45) is -4.58. The number of hydrogen-bond acceptors (Lipinski definition) is 6. The highest BCUT2D eigenvalue weighted by molar-refractivity contribution is 7.99. The van der Waals surface area contributed by atoms with Crippen LogP contribution in [0, 0.1) is 11.3 Å². The lowest BCUT2D eigenvalue weighted by Crippen LogP contribution is -2.07. The standard InChI is InChI=1S/C12H8F3N5S/c13-12(14,15)8-2-1-7(3-6(8)5-16)21-11-19-9(17)4-10(18)20-11/h1-4H,(H4,17,18,19,20). The molecule has 1 aromatic heterocycles. The third-order valence-electron chi connectivity index (χ3n) is 2.37. The maximum absolute atomic E-state index is 12.7. The highest BCUT2D eigenvalue weighted by Gasteiger charge is 2.33. The fourth-order valence-corrected chi connectivity index (χ4v) is 2.37. The predicted molar refractivity (Wildman–Crippen MR) is 71.1 cm³/mol. The highest BCUT2D eigenvalue weighted by Crippen LogP contribution is 2.35. The molecule has 9 heteroatoms. The molecule has 0 saturated carbocycles. The summed E-state index contributed by atoms with van der Waals surface area (Å²) in [5.41, 5.74) is 9.56. The number of nitrogens with zero attached hydrogens (tertiary/aromatic N) is 3. The van der Waals surface area contributed by atoms with Gasteiger partial charge in [0.05, 0.1) is 17.2 Å². The van der Waals surface area contributed by atoms with Crippen molar-refractivity contribution in [3.8, 4) is 6.07 Å². The second kappa shape index (κ2) is 5.49. The number of nitriles is 1. The van der Waals surface area contributed by atoms with Crippen LogP contribution < -0.4 is 11.5 Å². The Morgan fingerprint density at radius 3 is 2.24 bits per heavy atom. The molecule has 0 unspecified atom stereocenters. The molecule has 0 radical (unpaired) electrons. The third kappa shape index (κ3) is 3.55. The van der Waals surface area contributed by atoms with Gasteiger partial charge in [-0.15, -0.1) is 0 Å². The van der Waals surface area contributed by atoms with Gasteiger partial charge in [-0.05, 0) is 30.0 Å². The quantitative estimate of drug-likeness (QED) is 0.827. The van der Waals surface area contributed by atoms with Crippen molar-refractivity contribution >= 4 is 23.4 Å². The molecule has 0 aliphatic rings. The van der Waals surface area contributed by atoms with Gasteiger partial charge in [-0.25, -0.2) is 9.97 Å². The minimum atomic E-state index is -4.58. The number of nitrogen functional groups attached to an aromatic ring is 2. The maximum atomic E-state index is 12.7. The Hall–Kier alpha value is -2.47. The van der Waals surface area contributed by atoms with E-state index in [0.29, 0.717) is 4.90 Å². The van der Waals surface area contributed by atoms with Crippen molar-refractivity contribution in [2.45, 2.75) is 16.2 Å². The largest absolute Gasteiger partial charge is 0.417 e. The highest BCUT2D eigenvalue weighted by atomic mass is 32.2. The van der Waals surface area contributed by atoms with Gasteiger partial charge in [-0.2, -0.15) is 18.4 Å². The topological polar surface area (TPSA) is 102 Å². The van der Waals surface area contributed by atoms with Crippen LogP contribution in [0.4, 0.5) is 24.8 Å². The van der Waals surface area contributed by atoms with Gasteiger partial charge < -0.3 is 11.5 Å². The maximum Gasteiger partial charge on any atom is 0.417 e. The summed E-state index contributed by atoms with van der Waals surface area (Å²) in [4.78, 5) is 8.18. The first-order chi connectivity index (χ1) is 9.79. The molecule has 2 rings (SSSR count). The molecule has 0 amide bonds. The summed E-state index contributed by atoms with van der Waals surface area (Å²) in [6, 6.07) is 6.08. The fraction of sp³-hybridized carbons (Fsp3) is 0.0833. The molecular formula is C12H8F3N5S. The van der Waals surface area contributed by atoms with Crippen LogP contribution in [-0.4, -0.2) is 9.97 Å². The van der Waals surface area contributed by atoms with Crippen LogP contribution in [0.2, 0.25) is 0 Å². The smallest absolute Gasteiger partial charge is 0.383 e. The summed E-state index contributed by atoms with van der Waals surface area (Å²) in [7, 11) is 0. The summed E-state index contributed by atoms with van der Waals surface area (Å²) in [6.45, 7) is 0. The number of aromatic nitrogens is 2. The predicted octanol–water partition coefficient (Wildman–Crippen LogP) is 2.68. The molecule has 1 heterocycles. The molecular weight excluding hydrogens is 303 g/mol. The van der Waals surface area contributed by atoms with Gasteiger partial charge in [0.1, 0.15) is 11.6 Å². The zero-order valence-electron chi connectivity index (χ0n) is 10.3. The average Bonchev–Trinajstić information content (AvgIpc) is 2.36. The Labute approximate surface area is 121 Å². The lowest BCUT2D eigenvalue weighted by Gasteiger charge is -2.09. The minimum absolute atomic E-state index is 0.150. The van der Waals surface area contributed by atoms with E-state index in [1.165, 1.54) is 18.2 Å². The van der Waals surface area contributed by atoms with Gasteiger partial charge in [0.25, 0.3) is 0 Å². The lowest BCUT2D eigenvalue weighted by atomic mass is 10.1. The van der Waals surface area contributed by atoms with Gasteiger partial charge >= 0.3 is 6.18 Å². The van der Waals surface area contributed by atoms with Gasteiger partial charge in [0, 0.05) is 11.0 Å². The summed E-state index contributed by atoms with van der Waals surface area (Å²) >= 11 is 0.964. The molecule has 0 atom stereocenters. The first kappa shape index (κ1) is 14.9. The summed E-state index contributed by atoms with van der Waals surface area (Å²) < 4.78 is 38.1. The van der Waals surface area contributed by atoms with Gasteiger partial charge in [-0.3, -0.25) is 0 Å². The van der Waals surface area contributed by atoms with E-state index in [1.807, 2.05) is 0 Å². The zero-order chi connectivity index (χ0) is 15.6. The number of anilines is 2. The van der Waals surface area contributed by atoms with E-state index in [-0.39, 0.29) is 16.8 Å². The molecule has 108 valence electrons. The molecule has 5 nitrogen and oxygen atoms in total. The number of benzene rings is 1. The van der Waals surface area contributed by atoms with E-state index >= 15 is 0 Å². The van der Waals surface area contributed by atoms with Crippen molar-refractivity contribution < 1.29 is 13.2 Å². The van der Waals surface area contributed by atoms with Crippen molar-refractivity contribution in [2.75, 3.05) is 11.5 Å². The first-order valence-electron chi connectivity index (χ1n) is 5.49. The average molecular weight is 311 g/mol. The Morgan fingerprint density at radius 1 is 1.10 bits per heavy atom. The molecule has 0 spiro atoms. The van der Waals surface area contributed by atoms with Crippen molar-refractivity contribution in [3.05, 3.63) is 35.4 Å². The molecule has 0 fully saturated rings. The van der Waals surface area contributed by atoms with Crippen LogP contribution in [0.3, 0.4) is 0 Å². The molecule has 0 bridgehead atoms. The van der Waals surface area contributed by atoms with Crippen LogP contribution in [0.1, 0.15) is 11.1 Å². The molecule has 21 heavy (non-hydrogen) atoms. The van der Waals surface area contributed by atoms with Gasteiger partial charge in [0.15, 0.2) is 5.16 Å². The van der Waals surface area contributed by atoms with E-state index in [4.69, 9.17) is 16.7 Å². The van der Waals surface area contributed by atoms with Crippen LogP contribution in [0.25, 0.3) is 0 Å². The number of nitrogens with two attached hydrogens (primary N) is 2. The first-order valence-corrected chi connectivity index (χ1v) is 6.30. The number of hydrogen-bond donors (Lipinski definition) is 2. The van der Waals surface area contributed by atoms with Crippen LogP contribution in [0.5, 0.6) is 0 Å². The van der Waals surface area contributed by atoms with E-state index in [0.717, 1.165) is 23.9 Å². The molecule has 4 N–H and O–H groups in total. The Balaban J connectivity index is 2.36. The van der Waals surface area contributed by atoms with E-state index in [2.05, 4.69) is 9.97 Å². The van der Waals surface area contributed by atoms with Crippen molar-refractivity contribution in [1.82, 2.24) is 9.97 Å².